The van der Waals surface area contributed by atoms with Gasteiger partial charge in [-0.1, -0.05) is 6.07 Å². The Kier molecular flexibility index (Phi) is 5.83. The molecule has 6 nitrogen and oxygen atoms in total. The highest BCUT2D eigenvalue weighted by molar-refractivity contribution is 7.89. The van der Waals surface area contributed by atoms with Crippen LogP contribution in [-0.2, 0) is 21.0 Å². The maximum absolute atomic E-state index is 12.6. The molecule has 1 aliphatic heterocycles. The summed E-state index contributed by atoms with van der Waals surface area (Å²) in [6.07, 6.45) is -2.70. The van der Waals surface area contributed by atoms with Crippen LogP contribution in [0.25, 0.3) is 0 Å². The molecule has 0 bridgehead atoms. The lowest BCUT2D eigenvalue weighted by molar-refractivity contribution is -0.137. The van der Waals surface area contributed by atoms with E-state index in [1.54, 1.807) is 0 Å². The van der Waals surface area contributed by atoms with Crippen molar-refractivity contribution >= 4 is 15.9 Å². The Morgan fingerprint density at radius 3 is 2.71 bits per heavy atom. The van der Waals surface area contributed by atoms with E-state index in [2.05, 4.69) is 10.6 Å². The Hall–Kier alpha value is -1.65. The van der Waals surface area contributed by atoms with Crippen LogP contribution in [0.15, 0.2) is 29.2 Å². The largest absolute Gasteiger partial charge is 0.416 e. The van der Waals surface area contributed by atoms with Crippen LogP contribution < -0.4 is 15.4 Å². The lowest BCUT2D eigenvalue weighted by Crippen LogP contribution is -2.42. The van der Waals surface area contributed by atoms with Crippen molar-refractivity contribution in [3.63, 3.8) is 0 Å². The van der Waals surface area contributed by atoms with Gasteiger partial charge in [0.25, 0.3) is 0 Å². The van der Waals surface area contributed by atoms with Gasteiger partial charge < -0.3 is 10.6 Å². The average molecular weight is 365 g/mol. The number of rotatable bonds is 6. The minimum atomic E-state index is -4.64. The summed E-state index contributed by atoms with van der Waals surface area (Å²) in [5.41, 5.74) is -1.07. The highest BCUT2D eigenvalue weighted by Gasteiger charge is 2.31. The molecule has 24 heavy (non-hydrogen) atoms. The Balaban J connectivity index is 1.92. The first kappa shape index (κ1) is 18.7. The minimum absolute atomic E-state index is 0.161. The van der Waals surface area contributed by atoms with Gasteiger partial charge in [0.15, 0.2) is 0 Å². The second-order valence-electron chi connectivity index (χ2n) is 5.45. The molecule has 1 unspecified atom stereocenters. The molecule has 1 saturated heterocycles. The highest BCUT2D eigenvalue weighted by atomic mass is 32.2. The molecule has 0 aliphatic carbocycles. The Morgan fingerprint density at radius 2 is 2.08 bits per heavy atom. The molecular weight excluding hydrogens is 347 g/mol. The Morgan fingerprint density at radius 1 is 1.33 bits per heavy atom. The fourth-order valence-corrected chi connectivity index (χ4v) is 3.34. The topological polar surface area (TPSA) is 87.3 Å². The van der Waals surface area contributed by atoms with Gasteiger partial charge in [-0.3, -0.25) is 4.79 Å². The molecule has 134 valence electrons. The summed E-state index contributed by atoms with van der Waals surface area (Å²) in [6, 6.07) is 3.51. The quantitative estimate of drug-likeness (QED) is 0.698. The first-order chi connectivity index (χ1) is 11.2. The number of amides is 1. The normalized spacial score (nSPS) is 18.5. The lowest BCUT2D eigenvalue weighted by Gasteiger charge is -2.12. The summed E-state index contributed by atoms with van der Waals surface area (Å²) in [5.74, 6) is -0.542. The van der Waals surface area contributed by atoms with Crippen LogP contribution in [0.2, 0.25) is 0 Å². The smallest absolute Gasteiger partial charge is 0.353 e. The van der Waals surface area contributed by atoms with Gasteiger partial charge in [-0.05, 0) is 37.6 Å². The molecule has 1 fully saturated rings. The van der Waals surface area contributed by atoms with Crippen molar-refractivity contribution in [2.24, 2.45) is 0 Å². The molecule has 3 N–H and O–H groups in total. The zero-order valence-electron chi connectivity index (χ0n) is 12.7. The van der Waals surface area contributed by atoms with Crippen LogP contribution in [0, 0.1) is 0 Å². The summed E-state index contributed by atoms with van der Waals surface area (Å²) >= 11 is 0. The second-order valence-corrected chi connectivity index (χ2v) is 7.21. The molecular formula is C14H18F3N3O3S. The predicted molar refractivity (Wildman–Crippen MR) is 80.7 cm³/mol. The van der Waals surface area contributed by atoms with E-state index in [0.29, 0.717) is 12.6 Å². The van der Waals surface area contributed by atoms with E-state index in [9.17, 15) is 26.4 Å². The monoisotopic (exact) mass is 365 g/mol. The van der Waals surface area contributed by atoms with Gasteiger partial charge in [-0.15, -0.1) is 0 Å². The fraction of sp³-hybridized carbons (Fsp3) is 0.500. The van der Waals surface area contributed by atoms with Gasteiger partial charge in [0.2, 0.25) is 15.9 Å². The molecule has 1 amide bonds. The zero-order valence-corrected chi connectivity index (χ0v) is 13.5. The number of carbonyl (C=O) groups is 1. The summed E-state index contributed by atoms with van der Waals surface area (Å²) in [5, 5.41) is 5.75. The van der Waals surface area contributed by atoms with Crippen molar-refractivity contribution in [3.8, 4) is 0 Å². The van der Waals surface area contributed by atoms with E-state index < -0.39 is 39.1 Å². The first-order valence-corrected chi connectivity index (χ1v) is 8.84. The van der Waals surface area contributed by atoms with Crippen LogP contribution >= 0.6 is 0 Å². The SMILES string of the molecule is O=C(CNS(=O)(=O)c1cccc(C(F)(F)F)c1)NCC1CCCN1. The van der Waals surface area contributed by atoms with E-state index >= 15 is 0 Å². The lowest BCUT2D eigenvalue weighted by atomic mass is 10.2. The third-order valence-corrected chi connectivity index (χ3v) is 5.00. The summed E-state index contributed by atoms with van der Waals surface area (Å²) in [6.45, 7) is 0.720. The van der Waals surface area contributed by atoms with Crippen LogP contribution in [-0.4, -0.2) is 40.0 Å². The molecule has 0 spiro atoms. The van der Waals surface area contributed by atoms with Crippen molar-refractivity contribution in [2.45, 2.75) is 30.0 Å². The molecule has 10 heteroatoms. The van der Waals surface area contributed by atoms with Crippen LogP contribution in [0.1, 0.15) is 18.4 Å². The number of carbonyl (C=O) groups excluding carboxylic acids is 1. The minimum Gasteiger partial charge on any atom is -0.353 e. The van der Waals surface area contributed by atoms with Crippen LogP contribution in [0.5, 0.6) is 0 Å². The maximum atomic E-state index is 12.6. The van der Waals surface area contributed by atoms with Crippen molar-refractivity contribution in [1.82, 2.24) is 15.4 Å². The summed E-state index contributed by atoms with van der Waals surface area (Å²) in [7, 11) is -4.20. The molecule has 1 atom stereocenters. The van der Waals surface area contributed by atoms with Gasteiger partial charge in [-0.2, -0.15) is 13.2 Å². The van der Waals surface area contributed by atoms with Crippen molar-refractivity contribution in [1.29, 1.82) is 0 Å². The molecule has 0 saturated carbocycles. The number of nitrogens with one attached hydrogen (secondary N) is 3. The maximum Gasteiger partial charge on any atom is 0.416 e. The third kappa shape index (κ3) is 5.18. The summed E-state index contributed by atoms with van der Waals surface area (Å²) < 4.78 is 63.9. The third-order valence-electron chi connectivity index (χ3n) is 3.60. The standard InChI is InChI=1S/C14H18F3N3O3S/c15-14(16,17)10-3-1-5-12(7-10)24(22,23)20-9-13(21)19-8-11-4-2-6-18-11/h1,3,5,7,11,18,20H,2,4,6,8-9H2,(H,19,21). The fourth-order valence-electron chi connectivity index (χ4n) is 2.31. The predicted octanol–water partition coefficient (Wildman–Crippen LogP) is 0.852. The number of hydrogen-bond acceptors (Lipinski definition) is 4. The highest BCUT2D eigenvalue weighted by Crippen LogP contribution is 2.30. The van der Waals surface area contributed by atoms with Gasteiger partial charge >= 0.3 is 6.18 Å². The van der Waals surface area contributed by atoms with E-state index in [1.807, 2.05) is 4.72 Å². The van der Waals surface area contributed by atoms with Gasteiger partial charge in [0.05, 0.1) is 17.0 Å². The van der Waals surface area contributed by atoms with Crippen molar-refractivity contribution < 1.29 is 26.4 Å². The average Bonchev–Trinajstić information content (AvgIpc) is 3.04. The number of hydrogen-bond donors (Lipinski definition) is 3. The number of sulfonamides is 1. The van der Waals surface area contributed by atoms with Crippen LogP contribution in [0.4, 0.5) is 13.2 Å². The summed E-state index contributed by atoms with van der Waals surface area (Å²) in [4.78, 5) is 11.1. The van der Waals surface area contributed by atoms with Gasteiger partial charge in [0.1, 0.15) is 0 Å². The molecule has 1 aromatic carbocycles. The molecule has 1 aromatic rings. The molecule has 1 heterocycles. The van der Waals surface area contributed by atoms with Gasteiger partial charge in [-0.25, -0.2) is 13.1 Å². The number of benzene rings is 1. The number of alkyl halides is 3. The van der Waals surface area contributed by atoms with Gasteiger partial charge in [0, 0.05) is 12.6 Å². The van der Waals surface area contributed by atoms with E-state index in [1.165, 1.54) is 0 Å². The van der Waals surface area contributed by atoms with Crippen LogP contribution in [0.3, 0.4) is 0 Å². The van der Waals surface area contributed by atoms with E-state index in [4.69, 9.17) is 0 Å². The zero-order chi connectivity index (χ0) is 17.8. The van der Waals surface area contributed by atoms with E-state index in [0.717, 1.165) is 37.6 Å². The van der Waals surface area contributed by atoms with Crippen molar-refractivity contribution in [2.75, 3.05) is 19.6 Å². The molecule has 2 rings (SSSR count). The van der Waals surface area contributed by atoms with E-state index in [-0.39, 0.29) is 6.04 Å². The molecule has 1 aliphatic rings. The molecule has 0 aromatic heterocycles. The number of halogens is 3. The van der Waals surface area contributed by atoms with Crippen molar-refractivity contribution in [3.05, 3.63) is 29.8 Å². The Bertz CT molecular complexity index is 686. The second kappa shape index (κ2) is 7.49. The molecule has 0 radical (unpaired) electrons. The Labute approximate surface area is 137 Å². The first-order valence-electron chi connectivity index (χ1n) is 7.35.